The van der Waals surface area contributed by atoms with Crippen LogP contribution in [0.25, 0.3) is 0 Å². The van der Waals surface area contributed by atoms with Crippen molar-refractivity contribution in [1.29, 1.82) is 0 Å². The summed E-state index contributed by atoms with van der Waals surface area (Å²) in [5.74, 6) is 1.40. The molecule has 0 atom stereocenters. The molecule has 1 fully saturated rings. The van der Waals surface area contributed by atoms with E-state index in [4.69, 9.17) is 21.1 Å². The number of amides is 2. The van der Waals surface area contributed by atoms with Crippen LogP contribution in [-0.2, 0) is 4.79 Å². The first-order valence-electron chi connectivity index (χ1n) is 10.4. The first-order chi connectivity index (χ1) is 13.9. The van der Waals surface area contributed by atoms with Crippen molar-refractivity contribution in [3.8, 4) is 11.5 Å². The quantitative estimate of drug-likeness (QED) is 0.646. The maximum atomic E-state index is 13.0. The molecule has 1 N–H and O–H groups in total. The molecule has 1 heterocycles. The van der Waals surface area contributed by atoms with E-state index in [2.05, 4.69) is 19.2 Å². The number of hydrogen-bond donors (Lipinski definition) is 1. The fraction of sp³-hybridized carbons (Fsp3) is 0.636. The second kappa shape index (κ2) is 11.3. The van der Waals surface area contributed by atoms with Crippen molar-refractivity contribution in [3.63, 3.8) is 0 Å². The number of ether oxygens (including phenoxy) is 2. The van der Waals surface area contributed by atoms with Gasteiger partial charge in [-0.3, -0.25) is 9.59 Å². The molecule has 0 aromatic heterocycles. The molecule has 2 rings (SSSR count). The molecule has 6 nitrogen and oxygen atoms in total. The van der Waals surface area contributed by atoms with Crippen molar-refractivity contribution < 1.29 is 19.1 Å². The predicted molar refractivity (Wildman–Crippen MR) is 115 cm³/mol. The molecule has 0 saturated carbocycles. The largest absolute Gasteiger partial charge is 0.493 e. The lowest BCUT2D eigenvalue weighted by Crippen LogP contribution is -2.43. The number of piperidine rings is 1. The van der Waals surface area contributed by atoms with E-state index in [1.165, 1.54) is 7.11 Å². The number of likely N-dealkylation sites (tertiary alicyclic amines) is 1. The van der Waals surface area contributed by atoms with E-state index in [1.807, 2.05) is 6.92 Å². The molecule has 1 aliphatic rings. The smallest absolute Gasteiger partial charge is 0.254 e. The van der Waals surface area contributed by atoms with Gasteiger partial charge in [0.2, 0.25) is 5.91 Å². The first kappa shape index (κ1) is 23.3. The van der Waals surface area contributed by atoms with Gasteiger partial charge in [0.15, 0.2) is 11.5 Å². The average molecular weight is 425 g/mol. The minimum atomic E-state index is -0.105. The summed E-state index contributed by atoms with van der Waals surface area (Å²) in [5, 5.41) is 3.31. The second-order valence-electron chi connectivity index (χ2n) is 7.88. The summed E-state index contributed by atoms with van der Waals surface area (Å²) in [6.07, 6.45) is 3.16. The highest BCUT2D eigenvalue weighted by Crippen LogP contribution is 2.37. The summed E-state index contributed by atoms with van der Waals surface area (Å²) in [6.45, 7) is 8.62. The number of nitrogens with one attached hydrogen (secondary N) is 1. The lowest BCUT2D eigenvalue weighted by atomic mass is 9.95. The Morgan fingerprint density at radius 3 is 2.55 bits per heavy atom. The maximum absolute atomic E-state index is 13.0. The zero-order valence-corrected chi connectivity index (χ0v) is 18.7. The van der Waals surface area contributed by atoms with Crippen LogP contribution in [0.2, 0.25) is 5.02 Å². The third-order valence-electron chi connectivity index (χ3n) is 5.12. The van der Waals surface area contributed by atoms with E-state index in [1.54, 1.807) is 17.0 Å². The summed E-state index contributed by atoms with van der Waals surface area (Å²) < 4.78 is 11.2. The number of halogens is 1. The first-order valence-corrected chi connectivity index (χ1v) is 10.8. The third kappa shape index (κ3) is 6.53. The lowest BCUT2D eigenvalue weighted by Gasteiger charge is -2.31. The Hall–Kier alpha value is -1.95. The van der Waals surface area contributed by atoms with Crippen LogP contribution < -0.4 is 14.8 Å². The number of carbonyl (C=O) groups excluding carboxylic acids is 2. The molecule has 2 amide bonds. The fourth-order valence-corrected chi connectivity index (χ4v) is 3.57. The summed E-state index contributed by atoms with van der Waals surface area (Å²) in [5.41, 5.74) is 0.469. The van der Waals surface area contributed by atoms with Crippen molar-refractivity contribution >= 4 is 23.4 Å². The van der Waals surface area contributed by atoms with Gasteiger partial charge in [0.25, 0.3) is 5.91 Å². The lowest BCUT2D eigenvalue weighted by molar-refractivity contribution is -0.126. The number of hydrogen-bond acceptors (Lipinski definition) is 4. The van der Waals surface area contributed by atoms with E-state index in [9.17, 15) is 9.59 Å². The summed E-state index contributed by atoms with van der Waals surface area (Å²) in [6, 6.07) is 3.32. The number of benzene rings is 1. The van der Waals surface area contributed by atoms with Crippen LogP contribution in [0.4, 0.5) is 0 Å². The molecule has 29 heavy (non-hydrogen) atoms. The van der Waals surface area contributed by atoms with Gasteiger partial charge < -0.3 is 19.7 Å². The highest BCUT2D eigenvalue weighted by Gasteiger charge is 2.28. The van der Waals surface area contributed by atoms with Gasteiger partial charge >= 0.3 is 0 Å². The fourth-order valence-electron chi connectivity index (χ4n) is 3.30. The number of rotatable bonds is 9. The Labute approximate surface area is 178 Å². The minimum absolute atomic E-state index is 0.0274. The summed E-state index contributed by atoms with van der Waals surface area (Å²) >= 11 is 6.40. The van der Waals surface area contributed by atoms with Gasteiger partial charge in [-0.2, -0.15) is 0 Å². The molecule has 0 radical (unpaired) electrons. The van der Waals surface area contributed by atoms with E-state index in [0.717, 1.165) is 12.8 Å². The van der Waals surface area contributed by atoms with Crippen molar-refractivity contribution in [3.05, 3.63) is 22.7 Å². The maximum Gasteiger partial charge on any atom is 0.254 e. The molecule has 1 saturated heterocycles. The van der Waals surface area contributed by atoms with Crippen LogP contribution >= 0.6 is 11.6 Å². The van der Waals surface area contributed by atoms with Crippen LogP contribution in [0, 0.1) is 11.8 Å². The Kier molecular flexibility index (Phi) is 9.08. The summed E-state index contributed by atoms with van der Waals surface area (Å²) in [4.78, 5) is 26.9. The molecule has 0 unspecified atom stereocenters. The predicted octanol–water partition coefficient (Wildman–Crippen LogP) is 4.15. The van der Waals surface area contributed by atoms with Gasteiger partial charge in [-0.05, 0) is 43.7 Å². The van der Waals surface area contributed by atoms with Crippen LogP contribution in [0.5, 0.6) is 11.5 Å². The molecule has 0 spiro atoms. The second-order valence-corrected chi connectivity index (χ2v) is 8.29. The van der Waals surface area contributed by atoms with Crippen LogP contribution in [0.1, 0.15) is 56.8 Å². The summed E-state index contributed by atoms with van der Waals surface area (Å²) in [7, 11) is 1.54. The molecule has 0 bridgehead atoms. The molecule has 1 aromatic carbocycles. The van der Waals surface area contributed by atoms with E-state index >= 15 is 0 Å². The van der Waals surface area contributed by atoms with Gasteiger partial charge in [0, 0.05) is 31.1 Å². The van der Waals surface area contributed by atoms with Gasteiger partial charge in [-0.25, -0.2) is 0 Å². The molecule has 0 aliphatic carbocycles. The normalized spacial score (nSPS) is 14.8. The van der Waals surface area contributed by atoms with Gasteiger partial charge in [0.05, 0.1) is 18.7 Å². The van der Waals surface area contributed by atoms with Gasteiger partial charge in [0.1, 0.15) is 0 Å². The highest BCUT2D eigenvalue weighted by molar-refractivity contribution is 6.32. The Bertz CT molecular complexity index is 700. The van der Waals surface area contributed by atoms with Gasteiger partial charge in [-0.15, -0.1) is 0 Å². The van der Waals surface area contributed by atoms with Crippen molar-refractivity contribution in [2.24, 2.45) is 11.8 Å². The molecule has 1 aliphatic heterocycles. The van der Waals surface area contributed by atoms with Crippen LogP contribution in [0.15, 0.2) is 12.1 Å². The standard InChI is InChI=1S/C22H33ClN2O4/c1-5-9-24-21(26)16-6-10-25(11-7-16)22(27)17-13-18(23)20(19(14-17)28-4)29-12-8-15(2)3/h13-16H,5-12H2,1-4H3,(H,24,26). The van der Waals surface area contributed by atoms with Crippen molar-refractivity contribution in [1.82, 2.24) is 10.2 Å². The minimum Gasteiger partial charge on any atom is -0.493 e. The van der Waals surface area contributed by atoms with E-state index in [0.29, 0.717) is 67.1 Å². The van der Waals surface area contributed by atoms with Crippen LogP contribution in [-0.4, -0.2) is 50.1 Å². The Morgan fingerprint density at radius 1 is 1.28 bits per heavy atom. The topological polar surface area (TPSA) is 67.9 Å². The zero-order valence-electron chi connectivity index (χ0n) is 17.9. The molecule has 162 valence electrons. The molecule has 7 heteroatoms. The Balaban J connectivity index is 2.02. The van der Waals surface area contributed by atoms with E-state index < -0.39 is 0 Å². The molecular weight excluding hydrogens is 392 g/mol. The molecule has 1 aromatic rings. The monoisotopic (exact) mass is 424 g/mol. The zero-order chi connectivity index (χ0) is 21.4. The third-order valence-corrected chi connectivity index (χ3v) is 5.40. The van der Waals surface area contributed by atoms with Gasteiger partial charge in [-0.1, -0.05) is 32.4 Å². The van der Waals surface area contributed by atoms with Crippen molar-refractivity contribution in [2.45, 2.75) is 46.5 Å². The molecular formula is C22H33ClN2O4. The SMILES string of the molecule is CCCNC(=O)C1CCN(C(=O)c2cc(Cl)c(OCCC(C)C)c(OC)c2)CC1. The number of carbonyl (C=O) groups is 2. The van der Waals surface area contributed by atoms with E-state index in [-0.39, 0.29) is 17.7 Å². The Morgan fingerprint density at radius 2 is 1.97 bits per heavy atom. The highest BCUT2D eigenvalue weighted by atomic mass is 35.5. The average Bonchev–Trinajstić information content (AvgIpc) is 2.72. The number of methoxy groups -OCH3 is 1. The number of nitrogens with zero attached hydrogens (tertiary/aromatic N) is 1. The van der Waals surface area contributed by atoms with Crippen molar-refractivity contribution in [2.75, 3.05) is 33.4 Å². The van der Waals surface area contributed by atoms with Crippen LogP contribution in [0.3, 0.4) is 0 Å².